The summed E-state index contributed by atoms with van der Waals surface area (Å²) in [4.78, 5) is 24.4. The highest BCUT2D eigenvalue weighted by molar-refractivity contribution is 5.82. The number of ether oxygens (including phenoxy) is 1. The van der Waals surface area contributed by atoms with Gasteiger partial charge in [0.25, 0.3) is 0 Å². The molecule has 0 N–H and O–H groups in total. The molecule has 0 aromatic heterocycles. The molecular formula is C13H23NO3. The molecule has 0 unspecified atom stereocenters. The minimum absolute atomic E-state index is 0.0946. The summed E-state index contributed by atoms with van der Waals surface area (Å²) in [5.74, 6) is -0.190. The second-order valence-corrected chi connectivity index (χ2v) is 4.55. The highest BCUT2D eigenvalue weighted by Gasteiger charge is 2.21. The van der Waals surface area contributed by atoms with E-state index in [9.17, 15) is 9.59 Å². The third-order valence-electron chi connectivity index (χ3n) is 3.04. The molecule has 0 aromatic carbocycles. The van der Waals surface area contributed by atoms with Crippen LogP contribution in [0.3, 0.4) is 0 Å². The highest BCUT2D eigenvalue weighted by atomic mass is 16.5. The fourth-order valence-electron chi connectivity index (χ4n) is 1.98. The number of carbonyl (C=O) groups is 2. The third-order valence-corrected chi connectivity index (χ3v) is 3.04. The van der Waals surface area contributed by atoms with Crippen LogP contribution >= 0.6 is 0 Å². The van der Waals surface area contributed by atoms with Gasteiger partial charge in [-0.15, -0.1) is 0 Å². The standard InChI is InChI=1S/C13H23NO3/c1-2-3-4-5-6-7-8-12(15)14-9-10-17-13(16)11-14/h2-11H2,1H3. The lowest BCUT2D eigenvalue weighted by atomic mass is 10.1. The minimum Gasteiger partial charge on any atom is -0.462 e. The van der Waals surface area contributed by atoms with Crippen LogP contribution in [0.2, 0.25) is 0 Å². The van der Waals surface area contributed by atoms with Gasteiger partial charge in [0, 0.05) is 6.42 Å². The molecule has 0 aromatic rings. The number of esters is 1. The van der Waals surface area contributed by atoms with Gasteiger partial charge >= 0.3 is 5.97 Å². The van der Waals surface area contributed by atoms with Gasteiger partial charge in [-0.3, -0.25) is 9.59 Å². The predicted octanol–water partition coefficient (Wildman–Crippen LogP) is 2.12. The number of carbonyl (C=O) groups excluding carboxylic acids is 2. The number of hydrogen-bond donors (Lipinski definition) is 0. The summed E-state index contributed by atoms with van der Waals surface area (Å²) in [6.07, 6.45) is 7.63. The van der Waals surface area contributed by atoms with Crippen molar-refractivity contribution in [2.75, 3.05) is 19.7 Å². The smallest absolute Gasteiger partial charge is 0.325 e. The van der Waals surface area contributed by atoms with Crippen molar-refractivity contribution >= 4 is 11.9 Å². The van der Waals surface area contributed by atoms with Gasteiger partial charge in [0.1, 0.15) is 13.2 Å². The van der Waals surface area contributed by atoms with Gasteiger partial charge in [0.05, 0.1) is 6.54 Å². The second-order valence-electron chi connectivity index (χ2n) is 4.55. The molecule has 1 heterocycles. The quantitative estimate of drug-likeness (QED) is 0.506. The van der Waals surface area contributed by atoms with Crippen LogP contribution in [-0.4, -0.2) is 36.5 Å². The summed E-state index contributed by atoms with van der Waals surface area (Å²) in [6, 6.07) is 0. The van der Waals surface area contributed by atoms with E-state index in [4.69, 9.17) is 4.74 Å². The van der Waals surface area contributed by atoms with Crippen LogP contribution in [-0.2, 0) is 14.3 Å². The molecule has 0 spiro atoms. The number of cyclic esters (lactones) is 1. The van der Waals surface area contributed by atoms with Gasteiger partial charge in [-0.25, -0.2) is 0 Å². The lowest BCUT2D eigenvalue weighted by Crippen LogP contribution is -2.43. The first-order valence-electron chi connectivity index (χ1n) is 6.67. The first-order valence-corrected chi connectivity index (χ1v) is 6.67. The van der Waals surface area contributed by atoms with E-state index in [0.29, 0.717) is 19.6 Å². The van der Waals surface area contributed by atoms with E-state index in [-0.39, 0.29) is 18.4 Å². The van der Waals surface area contributed by atoms with Crippen molar-refractivity contribution in [3.8, 4) is 0 Å². The van der Waals surface area contributed by atoms with E-state index in [1.54, 1.807) is 4.90 Å². The molecule has 1 aliphatic heterocycles. The Labute approximate surface area is 103 Å². The summed E-state index contributed by atoms with van der Waals surface area (Å²) in [5.41, 5.74) is 0. The molecule has 1 fully saturated rings. The van der Waals surface area contributed by atoms with Crippen molar-refractivity contribution in [2.45, 2.75) is 51.9 Å². The molecule has 17 heavy (non-hydrogen) atoms. The Bertz CT molecular complexity index is 253. The maximum atomic E-state index is 11.8. The Hall–Kier alpha value is -1.06. The lowest BCUT2D eigenvalue weighted by Gasteiger charge is -2.25. The molecule has 4 heteroatoms. The van der Waals surface area contributed by atoms with Crippen LogP contribution in [0.15, 0.2) is 0 Å². The van der Waals surface area contributed by atoms with Gasteiger partial charge < -0.3 is 9.64 Å². The van der Waals surface area contributed by atoms with Crippen LogP contribution in [0.4, 0.5) is 0 Å². The molecule has 0 bridgehead atoms. The average Bonchev–Trinajstić information content (AvgIpc) is 2.33. The van der Waals surface area contributed by atoms with E-state index >= 15 is 0 Å². The van der Waals surface area contributed by atoms with Gasteiger partial charge in [0.2, 0.25) is 5.91 Å². The minimum atomic E-state index is -0.285. The predicted molar refractivity (Wildman–Crippen MR) is 65.5 cm³/mol. The number of unbranched alkanes of at least 4 members (excludes halogenated alkanes) is 5. The van der Waals surface area contributed by atoms with Crippen LogP contribution in [0.25, 0.3) is 0 Å². The van der Waals surface area contributed by atoms with Crippen LogP contribution in [0.1, 0.15) is 51.9 Å². The summed E-state index contributed by atoms with van der Waals surface area (Å²) in [6.45, 7) is 3.23. The maximum absolute atomic E-state index is 11.8. The largest absolute Gasteiger partial charge is 0.462 e. The molecule has 1 rings (SSSR count). The first kappa shape index (κ1) is 14.0. The average molecular weight is 241 g/mol. The lowest BCUT2D eigenvalue weighted by molar-refractivity contribution is -0.156. The van der Waals surface area contributed by atoms with Crippen molar-refractivity contribution in [1.29, 1.82) is 0 Å². The first-order chi connectivity index (χ1) is 8.24. The molecule has 0 aliphatic carbocycles. The van der Waals surface area contributed by atoms with E-state index in [2.05, 4.69) is 6.92 Å². The van der Waals surface area contributed by atoms with Crippen molar-refractivity contribution in [3.05, 3.63) is 0 Å². The Balaban J connectivity index is 2.06. The van der Waals surface area contributed by atoms with Gasteiger partial charge in [-0.05, 0) is 6.42 Å². The van der Waals surface area contributed by atoms with Crippen molar-refractivity contribution in [1.82, 2.24) is 4.90 Å². The molecule has 4 nitrogen and oxygen atoms in total. The Morgan fingerprint density at radius 2 is 1.94 bits per heavy atom. The topological polar surface area (TPSA) is 46.6 Å². The van der Waals surface area contributed by atoms with Crippen molar-refractivity contribution in [2.24, 2.45) is 0 Å². The van der Waals surface area contributed by atoms with Crippen molar-refractivity contribution < 1.29 is 14.3 Å². The second kappa shape index (κ2) is 8.09. The molecule has 1 aliphatic rings. The number of amides is 1. The van der Waals surface area contributed by atoms with Crippen LogP contribution in [0, 0.1) is 0 Å². The number of hydrogen-bond acceptors (Lipinski definition) is 3. The number of morpholine rings is 1. The highest BCUT2D eigenvalue weighted by Crippen LogP contribution is 2.09. The molecule has 0 saturated carbocycles. The Morgan fingerprint density at radius 1 is 1.24 bits per heavy atom. The number of rotatable bonds is 7. The zero-order valence-corrected chi connectivity index (χ0v) is 10.7. The van der Waals surface area contributed by atoms with Crippen LogP contribution < -0.4 is 0 Å². The SMILES string of the molecule is CCCCCCCCC(=O)N1CCOC(=O)C1. The molecule has 1 amide bonds. The number of nitrogens with zero attached hydrogens (tertiary/aromatic N) is 1. The normalized spacial score (nSPS) is 15.8. The fraction of sp³-hybridized carbons (Fsp3) is 0.846. The van der Waals surface area contributed by atoms with E-state index in [1.807, 2.05) is 0 Å². The molecule has 1 saturated heterocycles. The molecular weight excluding hydrogens is 218 g/mol. The molecule has 0 radical (unpaired) electrons. The van der Waals surface area contributed by atoms with Gasteiger partial charge in [-0.1, -0.05) is 39.0 Å². The summed E-state index contributed by atoms with van der Waals surface area (Å²) in [7, 11) is 0. The fourth-order valence-corrected chi connectivity index (χ4v) is 1.98. The summed E-state index contributed by atoms with van der Waals surface area (Å²) < 4.78 is 4.80. The monoisotopic (exact) mass is 241 g/mol. The zero-order valence-electron chi connectivity index (χ0n) is 10.7. The Morgan fingerprint density at radius 3 is 2.65 bits per heavy atom. The van der Waals surface area contributed by atoms with E-state index in [0.717, 1.165) is 12.8 Å². The zero-order chi connectivity index (χ0) is 12.5. The van der Waals surface area contributed by atoms with Crippen LogP contribution in [0.5, 0.6) is 0 Å². The maximum Gasteiger partial charge on any atom is 0.325 e. The van der Waals surface area contributed by atoms with E-state index < -0.39 is 0 Å². The van der Waals surface area contributed by atoms with E-state index in [1.165, 1.54) is 25.7 Å². The summed E-state index contributed by atoms with van der Waals surface area (Å²) in [5, 5.41) is 0. The third kappa shape index (κ3) is 5.71. The van der Waals surface area contributed by atoms with Gasteiger partial charge in [0.15, 0.2) is 0 Å². The summed E-state index contributed by atoms with van der Waals surface area (Å²) >= 11 is 0. The van der Waals surface area contributed by atoms with Gasteiger partial charge in [-0.2, -0.15) is 0 Å². The molecule has 98 valence electrons. The Kier molecular flexibility index (Phi) is 6.67. The molecule has 0 atom stereocenters. The van der Waals surface area contributed by atoms with Crippen molar-refractivity contribution in [3.63, 3.8) is 0 Å².